The monoisotopic (exact) mass is 1670 g/mol. The molecular formula is C76H52O44. The highest BCUT2D eigenvalue weighted by Crippen LogP contribution is 2.47. The fourth-order valence-corrected chi connectivity index (χ4v) is 10.8. The van der Waals surface area contributed by atoms with Crippen LogP contribution in [0.15, 0.2) is 133 Å². The number of carbonyl (C=O) groups excluding carboxylic acids is 10. The Hall–Kier alpha value is -17.7. The van der Waals surface area contributed by atoms with E-state index in [0.717, 1.165) is 12.1 Å². The van der Waals surface area contributed by atoms with Crippen LogP contribution in [0.25, 0.3) is 0 Å². The second-order valence-electron chi connectivity index (χ2n) is 24.8. The maximum atomic E-state index is 15.3. The number of hydrogen-bond donors (Lipinski definition) is 23. The molecule has 11 rings (SSSR count). The first-order valence-electron chi connectivity index (χ1n) is 32.9. The standard InChI is InChI=1S/C76H52O44/c77-34-3-25(4-35(22-34)111-67(101)24-1-2-36(78)37(79)5-24)72(106)117-63-54(23-110-66(100)30-14-46(88)59(96)50(18-30)112-68(102)26-6-38(80)55(92)39(81)7-26)116-76(120-75(109)33-17-49(91)62(99)53(21-33)115-71(105)29-12-44(86)58(95)45(87)13-29)65(119-74(108)32-16-48(90)61(98)52(20-32)114-70(104)28-10-42(84)57(94)43(85)11-28)64(63)118-73(107)31-15-47(89)60(97)51(19-31)113-69(103)27-8-40(82)56(93)41(83)9-27/h1-22,54,63-65,76-99H,23H2/t54-,63-,64+,65-,76-/m0/s1. The molecule has 0 saturated carbocycles. The van der Waals surface area contributed by atoms with Gasteiger partial charge in [0.2, 0.25) is 35.4 Å². The summed E-state index contributed by atoms with van der Waals surface area (Å²) in [5.41, 5.74) is -9.12. The summed E-state index contributed by atoms with van der Waals surface area (Å²) in [6.07, 6.45) is -14.7. The van der Waals surface area contributed by atoms with Crippen LogP contribution in [0.3, 0.4) is 0 Å². The van der Waals surface area contributed by atoms with Gasteiger partial charge in [-0.05, 0) is 127 Å². The van der Waals surface area contributed by atoms with E-state index in [1.807, 2.05) is 0 Å². The first-order valence-corrected chi connectivity index (χ1v) is 32.9. The number of phenolic OH excluding ortho intramolecular Hbond substituents is 23. The van der Waals surface area contributed by atoms with Crippen LogP contribution in [0, 0.1) is 0 Å². The molecule has 10 aromatic rings. The van der Waals surface area contributed by atoms with Crippen LogP contribution < -0.4 is 23.7 Å². The van der Waals surface area contributed by atoms with Gasteiger partial charge in [0.1, 0.15) is 24.2 Å². The van der Waals surface area contributed by atoms with Gasteiger partial charge in [-0.1, -0.05) is 0 Å². The van der Waals surface area contributed by atoms with Gasteiger partial charge in [0.25, 0.3) is 0 Å². The molecular weight excluding hydrogens is 1620 g/mol. The summed E-state index contributed by atoms with van der Waals surface area (Å²) in [5, 5.41) is 240. The Bertz CT molecular complexity index is 5870. The number of aromatic hydroxyl groups is 23. The second-order valence-corrected chi connectivity index (χ2v) is 24.8. The minimum absolute atomic E-state index is 0.329. The van der Waals surface area contributed by atoms with Crippen molar-refractivity contribution in [2.24, 2.45) is 0 Å². The molecule has 0 aromatic heterocycles. The SMILES string of the molecule is O=C(OC[C@@H]1O[C@@H](OC(=O)c2cc(O)c(O)c(OC(=O)c3cc(O)c(O)c(O)c3)c2)[C@@H](OC(=O)c2cc(O)c(O)c(OC(=O)c3cc(O)c(O)c(O)c3)c2)[C@H](OC(=O)c2cc(O)c(O)c(OC(=O)c3cc(O)c(O)c(O)c3)c2)[C@H]1OC(=O)c1cc(O)cc(OC(=O)c2ccc(O)c(O)c2)c1)c1cc(O)c(O)c(OC(=O)c2cc(O)c(O)c(O)c2)c1. The van der Waals surface area contributed by atoms with Crippen molar-refractivity contribution < 1.29 is 218 Å². The average Bonchev–Trinajstić information content (AvgIpc) is 0.763. The van der Waals surface area contributed by atoms with Crippen molar-refractivity contribution >= 4 is 59.7 Å². The van der Waals surface area contributed by atoms with Crippen LogP contribution in [-0.4, -0.2) is 214 Å². The van der Waals surface area contributed by atoms with E-state index in [-0.39, 0.29) is 0 Å². The number of phenols is 23. The first-order chi connectivity index (χ1) is 56.5. The summed E-state index contributed by atoms with van der Waals surface area (Å²) >= 11 is 0. The number of carbonyl (C=O) groups is 10. The highest BCUT2D eigenvalue weighted by molar-refractivity contribution is 6.00. The van der Waals surface area contributed by atoms with Gasteiger partial charge in [-0.15, -0.1) is 0 Å². The fraction of sp³-hybridized carbons (Fsp3) is 0.0789. The Morgan fingerprint density at radius 2 is 0.500 bits per heavy atom. The number of ether oxygens (including phenoxy) is 11. The lowest BCUT2D eigenvalue weighted by molar-refractivity contribution is -0.282. The highest BCUT2D eigenvalue weighted by Gasteiger charge is 2.55. The largest absolute Gasteiger partial charge is 0.508 e. The third kappa shape index (κ3) is 17.7. The van der Waals surface area contributed by atoms with E-state index in [1.54, 1.807) is 0 Å². The fourth-order valence-electron chi connectivity index (χ4n) is 10.8. The lowest BCUT2D eigenvalue weighted by Crippen LogP contribution is -2.63. The molecule has 1 fully saturated rings. The third-order valence-corrected chi connectivity index (χ3v) is 16.7. The molecule has 0 bridgehead atoms. The van der Waals surface area contributed by atoms with Crippen LogP contribution in [0.5, 0.6) is 161 Å². The van der Waals surface area contributed by atoms with Crippen molar-refractivity contribution in [3.63, 3.8) is 0 Å². The van der Waals surface area contributed by atoms with Crippen LogP contribution in [0.1, 0.15) is 104 Å². The molecule has 0 amide bonds. The van der Waals surface area contributed by atoms with Crippen LogP contribution in [0.4, 0.5) is 0 Å². The summed E-state index contributed by atoms with van der Waals surface area (Å²) in [6, 6.07) is 11.6. The van der Waals surface area contributed by atoms with Gasteiger partial charge in [-0.3, -0.25) is 0 Å². The van der Waals surface area contributed by atoms with Crippen molar-refractivity contribution in [3.05, 3.63) is 189 Å². The normalized spacial score (nSPS) is 14.7. The minimum Gasteiger partial charge on any atom is -0.508 e. The molecule has 23 N–H and O–H groups in total. The van der Waals surface area contributed by atoms with E-state index in [0.29, 0.717) is 121 Å². The maximum absolute atomic E-state index is 15.3. The summed E-state index contributed by atoms with van der Waals surface area (Å²) in [7, 11) is 0. The van der Waals surface area contributed by atoms with Crippen molar-refractivity contribution in [1.29, 1.82) is 0 Å². The van der Waals surface area contributed by atoms with Gasteiger partial charge < -0.3 is 170 Å². The summed E-state index contributed by atoms with van der Waals surface area (Å²) in [4.78, 5) is 142. The van der Waals surface area contributed by atoms with Gasteiger partial charge >= 0.3 is 59.7 Å². The van der Waals surface area contributed by atoms with Gasteiger partial charge in [0.05, 0.1) is 55.6 Å². The zero-order valence-corrected chi connectivity index (χ0v) is 59.2. The van der Waals surface area contributed by atoms with E-state index in [9.17, 15) is 151 Å². The average molecular weight is 1670 g/mol. The molecule has 120 heavy (non-hydrogen) atoms. The number of esters is 10. The molecule has 0 aliphatic carbocycles. The van der Waals surface area contributed by atoms with Crippen LogP contribution in [0.2, 0.25) is 0 Å². The van der Waals surface area contributed by atoms with Crippen molar-refractivity contribution in [2.45, 2.75) is 30.7 Å². The molecule has 10 aromatic carbocycles. The molecule has 44 nitrogen and oxygen atoms in total. The minimum atomic E-state index is -3.06. The molecule has 620 valence electrons. The van der Waals surface area contributed by atoms with Crippen LogP contribution in [-0.2, 0) is 28.4 Å². The molecule has 0 spiro atoms. The molecule has 1 aliphatic heterocycles. The van der Waals surface area contributed by atoms with E-state index in [2.05, 4.69) is 0 Å². The second kappa shape index (κ2) is 33.1. The van der Waals surface area contributed by atoms with E-state index in [4.69, 9.17) is 52.1 Å². The molecule has 44 heteroatoms. The molecule has 1 heterocycles. The molecule has 1 aliphatic rings. The van der Waals surface area contributed by atoms with Crippen molar-refractivity contribution in [1.82, 2.24) is 0 Å². The Balaban J connectivity index is 1.08. The van der Waals surface area contributed by atoms with E-state index >= 15 is 14.4 Å². The number of hydrogen-bond acceptors (Lipinski definition) is 44. The van der Waals surface area contributed by atoms with Crippen LogP contribution >= 0.6 is 0 Å². The molecule has 1 saturated heterocycles. The maximum Gasteiger partial charge on any atom is 0.343 e. The van der Waals surface area contributed by atoms with E-state index in [1.165, 1.54) is 0 Å². The molecule has 5 atom stereocenters. The van der Waals surface area contributed by atoms with Crippen molar-refractivity contribution in [2.75, 3.05) is 6.61 Å². The Morgan fingerprint density at radius 1 is 0.233 bits per heavy atom. The van der Waals surface area contributed by atoms with E-state index < -0.39 is 314 Å². The Morgan fingerprint density at radius 3 is 0.833 bits per heavy atom. The lowest BCUT2D eigenvalue weighted by Gasteiger charge is -2.43. The Labute approximate surface area is 662 Å². The molecule has 0 unspecified atom stereocenters. The topological polar surface area (TPSA) is 738 Å². The first kappa shape index (κ1) is 83.2. The predicted octanol–water partition coefficient (Wildman–Crippen LogP) is 5.43. The van der Waals surface area contributed by atoms with Gasteiger partial charge in [0, 0.05) is 6.07 Å². The van der Waals surface area contributed by atoms with Crippen molar-refractivity contribution in [3.8, 4) is 161 Å². The lowest BCUT2D eigenvalue weighted by atomic mass is 9.97. The summed E-state index contributed by atoms with van der Waals surface area (Å²) in [6.45, 7) is -1.65. The highest BCUT2D eigenvalue weighted by atomic mass is 16.8. The quantitative estimate of drug-likeness (QED) is 0.0185. The van der Waals surface area contributed by atoms with Gasteiger partial charge in [-0.25, -0.2) is 47.9 Å². The summed E-state index contributed by atoms with van der Waals surface area (Å²) < 4.78 is 60.9. The smallest absolute Gasteiger partial charge is 0.343 e. The van der Waals surface area contributed by atoms with Gasteiger partial charge in [0.15, 0.2) is 139 Å². The van der Waals surface area contributed by atoms with Gasteiger partial charge in [-0.2, -0.15) is 0 Å². The zero-order valence-electron chi connectivity index (χ0n) is 59.2. The molecule has 0 radical (unpaired) electrons. The Kier molecular flexibility index (Phi) is 23.0. The predicted molar refractivity (Wildman–Crippen MR) is 379 cm³/mol. The summed E-state index contributed by atoms with van der Waals surface area (Å²) in [5.74, 6) is -50.5. The zero-order chi connectivity index (χ0) is 87.6. The number of benzene rings is 10. The number of rotatable bonds is 21. The third-order valence-electron chi connectivity index (χ3n) is 16.7.